The van der Waals surface area contributed by atoms with Crippen molar-refractivity contribution in [1.82, 2.24) is 0 Å². The van der Waals surface area contributed by atoms with Crippen LogP contribution in [0.15, 0.2) is 23.7 Å². The lowest BCUT2D eigenvalue weighted by atomic mass is 9.78. The summed E-state index contributed by atoms with van der Waals surface area (Å²) < 4.78 is 25.8. The van der Waals surface area contributed by atoms with Gasteiger partial charge >= 0.3 is 7.12 Å². The number of carbonyl (C=O) groups is 1. The molecule has 0 bridgehead atoms. The van der Waals surface area contributed by atoms with Crippen LogP contribution < -0.4 is 0 Å². The Labute approximate surface area is 152 Å². The van der Waals surface area contributed by atoms with E-state index < -0.39 is 24.1 Å². The predicted octanol–water partition coefficient (Wildman–Crippen LogP) is 3.99. The van der Waals surface area contributed by atoms with E-state index in [2.05, 4.69) is 0 Å². The summed E-state index contributed by atoms with van der Waals surface area (Å²) in [7, 11) is -0.634. The van der Waals surface area contributed by atoms with Gasteiger partial charge in [-0.05, 0) is 56.9 Å². The van der Waals surface area contributed by atoms with Gasteiger partial charge in [-0.3, -0.25) is 4.79 Å². The third-order valence-corrected chi connectivity index (χ3v) is 5.28. The molecule has 0 aromatic heterocycles. The van der Waals surface area contributed by atoms with Gasteiger partial charge in [0.2, 0.25) is 0 Å². The molecule has 7 heteroatoms. The Bertz CT molecular complexity index is 739. The first kappa shape index (κ1) is 19.7. The SMILES string of the molecule is CC(=O)SCC(=Cc1cc(F)cc(C#N)c1)B1OC(C)(C)C(C)(C)O1. The summed E-state index contributed by atoms with van der Waals surface area (Å²) in [6.45, 7) is 9.26. The normalized spacial score (nSPS) is 18.9. The van der Waals surface area contributed by atoms with Crippen molar-refractivity contribution in [1.29, 1.82) is 5.26 Å². The summed E-state index contributed by atoms with van der Waals surface area (Å²) in [5.41, 5.74) is 0.451. The van der Waals surface area contributed by atoms with Gasteiger partial charge in [0.05, 0.1) is 22.8 Å². The van der Waals surface area contributed by atoms with Crippen LogP contribution in [-0.2, 0) is 14.1 Å². The summed E-state index contributed by atoms with van der Waals surface area (Å²) in [5, 5.41) is 8.98. The Morgan fingerprint density at radius 2 is 1.88 bits per heavy atom. The first-order valence-electron chi connectivity index (χ1n) is 7.94. The van der Waals surface area contributed by atoms with Crippen LogP contribution >= 0.6 is 11.8 Å². The van der Waals surface area contributed by atoms with Crippen molar-refractivity contribution >= 4 is 30.1 Å². The van der Waals surface area contributed by atoms with E-state index in [0.717, 1.165) is 11.8 Å². The highest BCUT2D eigenvalue weighted by atomic mass is 32.2. The minimum absolute atomic E-state index is 0.0284. The zero-order valence-corrected chi connectivity index (χ0v) is 15.9. The smallest absolute Gasteiger partial charge is 0.400 e. The Balaban J connectivity index is 2.39. The van der Waals surface area contributed by atoms with Crippen LogP contribution in [0.3, 0.4) is 0 Å². The van der Waals surface area contributed by atoms with E-state index in [1.165, 1.54) is 19.1 Å². The number of nitrogens with zero attached hydrogens (tertiary/aromatic N) is 1. The average Bonchev–Trinajstić information content (AvgIpc) is 2.70. The van der Waals surface area contributed by atoms with Crippen molar-refractivity contribution in [3.05, 3.63) is 40.6 Å². The van der Waals surface area contributed by atoms with Crippen molar-refractivity contribution in [3.63, 3.8) is 0 Å². The molecule has 1 aromatic carbocycles. The van der Waals surface area contributed by atoms with Crippen molar-refractivity contribution in [2.75, 3.05) is 5.75 Å². The lowest BCUT2D eigenvalue weighted by Gasteiger charge is -2.32. The molecule has 1 fully saturated rings. The molecular weight excluding hydrogens is 340 g/mol. The number of hydrogen-bond acceptors (Lipinski definition) is 5. The van der Waals surface area contributed by atoms with Crippen LogP contribution in [0.1, 0.15) is 45.7 Å². The van der Waals surface area contributed by atoms with Gasteiger partial charge in [-0.1, -0.05) is 17.8 Å². The van der Waals surface area contributed by atoms with Gasteiger partial charge in [-0.15, -0.1) is 0 Å². The lowest BCUT2D eigenvalue weighted by Crippen LogP contribution is -2.41. The van der Waals surface area contributed by atoms with E-state index in [9.17, 15) is 9.18 Å². The molecule has 1 aromatic rings. The molecule has 0 N–H and O–H groups in total. The summed E-state index contributed by atoms with van der Waals surface area (Å²) in [5.74, 6) is -0.123. The number of carbonyl (C=O) groups excluding carboxylic acids is 1. The van der Waals surface area contributed by atoms with Gasteiger partial charge in [0.1, 0.15) is 5.82 Å². The van der Waals surface area contributed by atoms with Crippen LogP contribution in [0.4, 0.5) is 4.39 Å². The molecule has 0 saturated carbocycles. The minimum Gasteiger partial charge on any atom is -0.400 e. The van der Waals surface area contributed by atoms with Crippen LogP contribution in [0.5, 0.6) is 0 Å². The second kappa shape index (κ2) is 7.32. The van der Waals surface area contributed by atoms with E-state index in [1.54, 1.807) is 12.1 Å². The van der Waals surface area contributed by atoms with Crippen LogP contribution in [0, 0.1) is 17.1 Å². The monoisotopic (exact) mass is 361 g/mol. The zero-order chi connectivity index (χ0) is 18.8. The van der Waals surface area contributed by atoms with E-state index in [1.807, 2.05) is 33.8 Å². The molecular formula is C18H21BFNO3S. The first-order chi connectivity index (χ1) is 11.5. The Kier molecular flexibility index (Phi) is 5.77. The summed E-state index contributed by atoms with van der Waals surface area (Å²) in [6.07, 6.45) is 1.72. The van der Waals surface area contributed by atoms with E-state index in [-0.39, 0.29) is 10.7 Å². The molecule has 0 unspecified atom stereocenters. The van der Waals surface area contributed by atoms with Gasteiger partial charge < -0.3 is 9.31 Å². The molecule has 1 saturated heterocycles. The first-order valence-corrected chi connectivity index (χ1v) is 8.93. The summed E-state index contributed by atoms with van der Waals surface area (Å²) >= 11 is 1.13. The molecule has 0 amide bonds. The van der Waals surface area contributed by atoms with Crippen LogP contribution in [0.25, 0.3) is 6.08 Å². The van der Waals surface area contributed by atoms with E-state index >= 15 is 0 Å². The van der Waals surface area contributed by atoms with E-state index in [0.29, 0.717) is 16.8 Å². The second-order valence-corrected chi connectivity index (χ2v) is 8.13. The molecule has 2 rings (SSSR count). The largest absolute Gasteiger partial charge is 0.491 e. The summed E-state index contributed by atoms with van der Waals surface area (Å²) in [6, 6.07) is 6.04. The molecule has 0 radical (unpaired) electrons. The Morgan fingerprint density at radius 1 is 1.28 bits per heavy atom. The average molecular weight is 361 g/mol. The molecule has 25 heavy (non-hydrogen) atoms. The third kappa shape index (κ3) is 4.72. The van der Waals surface area contributed by atoms with Crippen molar-refractivity contribution in [2.24, 2.45) is 0 Å². The lowest BCUT2D eigenvalue weighted by molar-refractivity contribution is -0.109. The molecule has 4 nitrogen and oxygen atoms in total. The molecule has 0 atom stereocenters. The van der Waals surface area contributed by atoms with Gasteiger partial charge in [0.15, 0.2) is 5.12 Å². The number of halogens is 1. The molecule has 1 aliphatic rings. The maximum atomic E-state index is 13.7. The molecule has 0 aliphatic carbocycles. The fraction of sp³-hybridized carbons (Fsp3) is 0.444. The Morgan fingerprint density at radius 3 is 2.40 bits per heavy atom. The third-order valence-electron chi connectivity index (χ3n) is 4.40. The summed E-state index contributed by atoms with van der Waals surface area (Å²) in [4.78, 5) is 11.4. The van der Waals surface area contributed by atoms with Gasteiger partial charge in [-0.2, -0.15) is 5.26 Å². The molecule has 1 heterocycles. The number of benzene rings is 1. The van der Waals surface area contributed by atoms with Gasteiger partial charge in [0, 0.05) is 12.7 Å². The highest BCUT2D eigenvalue weighted by molar-refractivity contribution is 8.13. The van der Waals surface area contributed by atoms with E-state index in [4.69, 9.17) is 14.6 Å². The van der Waals surface area contributed by atoms with Crippen LogP contribution in [0.2, 0.25) is 0 Å². The highest BCUT2D eigenvalue weighted by Crippen LogP contribution is 2.39. The van der Waals surface area contributed by atoms with Gasteiger partial charge in [0.25, 0.3) is 0 Å². The fourth-order valence-corrected chi connectivity index (χ4v) is 2.92. The maximum Gasteiger partial charge on any atom is 0.491 e. The quantitative estimate of drug-likeness (QED) is 0.759. The van der Waals surface area contributed by atoms with Crippen molar-refractivity contribution < 1.29 is 18.5 Å². The second-order valence-electron chi connectivity index (χ2n) is 6.97. The minimum atomic E-state index is -0.634. The van der Waals surface area contributed by atoms with Gasteiger partial charge in [-0.25, -0.2) is 4.39 Å². The number of rotatable bonds is 4. The van der Waals surface area contributed by atoms with Crippen LogP contribution in [-0.4, -0.2) is 29.2 Å². The molecule has 1 aliphatic heterocycles. The topological polar surface area (TPSA) is 59.3 Å². The fourth-order valence-electron chi connectivity index (χ4n) is 2.33. The molecule has 0 spiro atoms. The predicted molar refractivity (Wildman–Crippen MR) is 98.3 cm³/mol. The van der Waals surface area contributed by atoms with Crippen molar-refractivity contribution in [3.8, 4) is 6.07 Å². The zero-order valence-electron chi connectivity index (χ0n) is 15.1. The number of nitriles is 1. The van der Waals surface area contributed by atoms with Crippen molar-refractivity contribution in [2.45, 2.75) is 45.8 Å². The number of thioether (sulfide) groups is 1. The number of hydrogen-bond donors (Lipinski definition) is 0. The maximum absolute atomic E-state index is 13.7. The molecule has 132 valence electrons. The highest BCUT2D eigenvalue weighted by Gasteiger charge is 2.52. The Hall–Kier alpha value is -1.62. The standard InChI is InChI=1S/C18H21BFNO3S/c1-12(22)25-11-15(19-23-17(2,3)18(4,5)24-19)7-13-6-14(10-21)9-16(20)8-13/h6-9H,11H2,1-5H3.